The highest BCUT2D eigenvalue weighted by molar-refractivity contribution is 7.16. The van der Waals surface area contributed by atoms with E-state index >= 15 is 0 Å². The Labute approximate surface area is 167 Å². The molecule has 1 aromatic carbocycles. The van der Waals surface area contributed by atoms with E-state index in [1.165, 1.54) is 11.3 Å². The number of hydrogen-bond acceptors (Lipinski definition) is 9. The van der Waals surface area contributed by atoms with Crippen molar-refractivity contribution in [3.8, 4) is 11.5 Å². The van der Waals surface area contributed by atoms with Crippen LogP contribution in [0.3, 0.4) is 0 Å². The van der Waals surface area contributed by atoms with Crippen molar-refractivity contribution in [1.82, 2.24) is 15.0 Å². The van der Waals surface area contributed by atoms with Crippen molar-refractivity contribution in [3.63, 3.8) is 0 Å². The second kappa shape index (κ2) is 8.12. The largest absolute Gasteiger partial charge is 0.493 e. The molecule has 1 aliphatic rings. The molecule has 1 unspecified atom stereocenters. The number of ether oxygens (including phenoxy) is 2. The van der Waals surface area contributed by atoms with E-state index in [1.54, 1.807) is 19.7 Å². The normalized spacial score (nSPS) is 16.3. The van der Waals surface area contributed by atoms with E-state index in [2.05, 4.69) is 20.2 Å². The lowest BCUT2D eigenvalue weighted by molar-refractivity contribution is 0.355. The first kappa shape index (κ1) is 19.4. The van der Waals surface area contributed by atoms with Gasteiger partial charge in [-0.2, -0.15) is 9.97 Å². The number of anilines is 3. The third-order valence-corrected chi connectivity index (χ3v) is 5.06. The lowest BCUT2D eigenvalue weighted by Crippen LogP contribution is -2.27. The zero-order valence-electron chi connectivity index (χ0n) is 15.0. The van der Waals surface area contributed by atoms with E-state index in [9.17, 15) is 0 Å². The van der Waals surface area contributed by atoms with Crippen LogP contribution >= 0.6 is 23.7 Å². The summed E-state index contributed by atoms with van der Waals surface area (Å²) in [4.78, 5) is 16.7. The van der Waals surface area contributed by atoms with E-state index in [1.807, 2.05) is 18.2 Å². The summed E-state index contributed by atoms with van der Waals surface area (Å²) in [6.45, 7) is 1.63. The van der Waals surface area contributed by atoms with Gasteiger partial charge in [0.05, 0.1) is 19.7 Å². The van der Waals surface area contributed by atoms with Crippen LogP contribution in [0.5, 0.6) is 11.5 Å². The molecule has 27 heavy (non-hydrogen) atoms. The van der Waals surface area contributed by atoms with Gasteiger partial charge in [-0.25, -0.2) is 4.98 Å². The Morgan fingerprint density at radius 3 is 2.74 bits per heavy atom. The zero-order valence-corrected chi connectivity index (χ0v) is 16.6. The molecule has 0 amide bonds. The molecule has 4 rings (SSSR count). The van der Waals surface area contributed by atoms with E-state index in [0.29, 0.717) is 23.3 Å². The van der Waals surface area contributed by atoms with E-state index < -0.39 is 0 Å². The Kier molecular flexibility index (Phi) is 5.83. The van der Waals surface area contributed by atoms with Crippen LogP contribution in [0.25, 0.3) is 10.3 Å². The predicted octanol–water partition coefficient (Wildman–Crippen LogP) is 2.81. The molecule has 0 spiro atoms. The number of nitrogens with one attached hydrogen (secondary N) is 1. The van der Waals surface area contributed by atoms with Crippen LogP contribution in [0.4, 0.5) is 17.5 Å². The van der Waals surface area contributed by atoms with Gasteiger partial charge in [-0.05, 0) is 18.6 Å². The highest BCUT2D eigenvalue weighted by Gasteiger charge is 2.23. The van der Waals surface area contributed by atoms with Gasteiger partial charge >= 0.3 is 0 Å². The van der Waals surface area contributed by atoms with Crippen LogP contribution in [0.15, 0.2) is 23.7 Å². The van der Waals surface area contributed by atoms with Gasteiger partial charge in [0.25, 0.3) is 0 Å². The first-order valence-corrected chi connectivity index (χ1v) is 9.16. The smallest absolute Gasteiger partial charge is 0.228 e. The maximum absolute atomic E-state index is 6.03. The van der Waals surface area contributed by atoms with Gasteiger partial charge in [0.15, 0.2) is 22.1 Å². The Morgan fingerprint density at radius 1 is 1.22 bits per heavy atom. The van der Waals surface area contributed by atoms with Crippen molar-refractivity contribution >= 4 is 51.5 Å². The zero-order chi connectivity index (χ0) is 18.1. The number of fused-ring (bicyclic) bond motifs is 1. The number of nitrogens with two attached hydrogens (primary N) is 1. The molecule has 0 bridgehead atoms. The maximum atomic E-state index is 6.03. The molecular formula is C17H21ClN6O2S. The average Bonchev–Trinajstić information content (AvgIpc) is 3.30. The first-order valence-electron chi connectivity index (χ1n) is 8.28. The van der Waals surface area contributed by atoms with Crippen molar-refractivity contribution in [3.05, 3.63) is 23.7 Å². The molecule has 1 atom stereocenters. The molecule has 3 N–H and O–H groups in total. The quantitative estimate of drug-likeness (QED) is 0.665. The number of halogens is 1. The second-order valence-electron chi connectivity index (χ2n) is 6.07. The number of benzene rings is 1. The Balaban J connectivity index is 0.00000210. The summed E-state index contributed by atoms with van der Waals surface area (Å²) in [7, 11) is 3.22. The van der Waals surface area contributed by atoms with Gasteiger partial charge in [-0.1, -0.05) is 0 Å². The minimum Gasteiger partial charge on any atom is -0.493 e. The Hall–Kier alpha value is -2.36. The third-order valence-electron chi connectivity index (χ3n) is 4.34. The predicted molar refractivity (Wildman–Crippen MR) is 110 cm³/mol. The molecule has 0 saturated carbocycles. The van der Waals surface area contributed by atoms with Gasteiger partial charge in [-0.15, -0.1) is 23.7 Å². The number of rotatable bonds is 5. The van der Waals surface area contributed by atoms with Gasteiger partial charge in [0.1, 0.15) is 5.52 Å². The topological polar surface area (TPSA) is 98.4 Å². The highest BCUT2D eigenvalue weighted by Crippen LogP contribution is 2.33. The van der Waals surface area contributed by atoms with Gasteiger partial charge in [-0.3, -0.25) is 0 Å². The summed E-state index contributed by atoms with van der Waals surface area (Å²) in [5, 5.41) is 3.33. The molecule has 3 heterocycles. The van der Waals surface area contributed by atoms with Gasteiger partial charge < -0.3 is 25.4 Å². The Bertz CT molecular complexity index is 937. The van der Waals surface area contributed by atoms with E-state index in [-0.39, 0.29) is 18.4 Å². The van der Waals surface area contributed by atoms with Gasteiger partial charge in [0.2, 0.25) is 5.95 Å². The van der Waals surface area contributed by atoms with Crippen LogP contribution in [0.1, 0.15) is 6.42 Å². The van der Waals surface area contributed by atoms with Crippen LogP contribution in [0, 0.1) is 0 Å². The summed E-state index contributed by atoms with van der Waals surface area (Å²) < 4.78 is 10.7. The monoisotopic (exact) mass is 408 g/mol. The van der Waals surface area contributed by atoms with E-state index in [0.717, 1.165) is 35.5 Å². The Morgan fingerprint density at radius 2 is 2.04 bits per heavy atom. The summed E-state index contributed by atoms with van der Waals surface area (Å²) in [6.07, 6.45) is 0.947. The van der Waals surface area contributed by atoms with Crippen molar-refractivity contribution in [1.29, 1.82) is 0 Å². The third kappa shape index (κ3) is 3.85. The number of aromatic nitrogens is 3. The van der Waals surface area contributed by atoms with Gasteiger partial charge in [0, 0.05) is 30.9 Å². The molecule has 0 aliphatic carbocycles. The first-order chi connectivity index (χ1) is 12.7. The average molecular weight is 409 g/mol. The molecule has 3 aromatic rings. The molecule has 10 heteroatoms. The van der Waals surface area contributed by atoms with E-state index in [4.69, 9.17) is 20.2 Å². The number of methoxy groups -OCH3 is 2. The molecule has 1 saturated heterocycles. The van der Waals surface area contributed by atoms with Crippen molar-refractivity contribution < 1.29 is 9.47 Å². The molecule has 8 nitrogen and oxygen atoms in total. The molecule has 1 fully saturated rings. The molecule has 0 radical (unpaired) electrons. The van der Waals surface area contributed by atoms with Crippen molar-refractivity contribution in [2.45, 2.75) is 12.5 Å². The molecular weight excluding hydrogens is 388 g/mol. The second-order valence-corrected chi connectivity index (χ2v) is 6.90. The SMILES string of the molecule is COc1ccc(Nc2nc(N3CCC(N)C3)nc3scnc23)cc1OC.Cl. The molecule has 1 aliphatic heterocycles. The fourth-order valence-corrected chi connectivity index (χ4v) is 3.65. The van der Waals surface area contributed by atoms with Crippen molar-refractivity contribution in [2.24, 2.45) is 5.73 Å². The number of hydrogen-bond donors (Lipinski definition) is 2. The van der Waals surface area contributed by atoms with Crippen LogP contribution in [-0.4, -0.2) is 48.3 Å². The minimum absolute atomic E-state index is 0. The fraction of sp³-hybridized carbons (Fsp3) is 0.353. The van der Waals surface area contributed by atoms with Crippen LogP contribution < -0.4 is 25.4 Å². The fourth-order valence-electron chi connectivity index (χ4n) is 3.00. The van der Waals surface area contributed by atoms with Crippen LogP contribution in [0.2, 0.25) is 0 Å². The molecule has 144 valence electrons. The lowest BCUT2D eigenvalue weighted by atomic mass is 10.2. The summed E-state index contributed by atoms with van der Waals surface area (Å²) in [5.41, 5.74) is 9.38. The standard InChI is InChI=1S/C17H20N6O2S.ClH/c1-24-12-4-3-11(7-13(12)25-2)20-15-14-16(26-9-19-14)22-17(21-15)23-6-5-10(18)8-23;/h3-4,7,9-10H,5-6,8,18H2,1-2H3,(H,20,21,22);1H. The highest BCUT2D eigenvalue weighted by atomic mass is 35.5. The number of nitrogens with zero attached hydrogens (tertiary/aromatic N) is 4. The lowest BCUT2D eigenvalue weighted by Gasteiger charge is -2.17. The summed E-state index contributed by atoms with van der Waals surface area (Å²) in [6, 6.07) is 5.79. The minimum atomic E-state index is 0. The van der Waals surface area contributed by atoms with Crippen LogP contribution in [-0.2, 0) is 0 Å². The maximum Gasteiger partial charge on any atom is 0.228 e. The summed E-state index contributed by atoms with van der Waals surface area (Å²) in [5.74, 6) is 2.66. The van der Waals surface area contributed by atoms with Crippen molar-refractivity contribution in [2.75, 3.05) is 37.5 Å². The number of thiazole rings is 1. The summed E-state index contributed by atoms with van der Waals surface area (Å²) >= 11 is 1.49. The molecule has 2 aromatic heterocycles.